The second-order valence-electron chi connectivity index (χ2n) is 18.4. The Bertz CT molecular complexity index is 1140. The van der Waals surface area contributed by atoms with Crippen LogP contribution < -0.4 is 0 Å². The van der Waals surface area contributed by atoms with E-state index in [0.29, 0.717) is 38.5 Å². The molecule has 3 saturated carbocycles. The van der Waals surface area contributed by atoms with Gasteiger partial charge >= 0.3 is 5.97 Å². The summed E-state index contributed by atoms with van der Waals surface area (Å²) in [7, 11) is 0. The van der Waals surface area contributed by atoms with Crippen LogP contribution in [0.25, 0.3) is 0 Å². The highest BCUT2D eigenvalue weighted by molar-refractivity contribution is 5.95. The Kier molecular flexibility index (Phi) is 14.7. The molecule has 0 bridgehead atoms. The summed E-state index contributed by atoms with van der Waals surface area (Å²) >= 11 is 0. The van der Waals surface area contributed by atoms with E-state index in [1.54, 1.807) is 19.9 Å². The standard InChI is InChI=1S/C43H74O7/c1-7-8-9-10-11-12-13-14-15-16-17-18-19-20-39(47)50-38-28-34-36(45)27-33-32(41(34,5)29-37(38)46)21-25-42(6)31(22-26-43(33,42)49)30(2)35(44)23-24-40(3,4)48/h27,30-32,34-35,37-38,44,46,48-49H,7-26,28-29H2,1-6H3/t30-,31+,32-,34-,35+,37-,38+,41+,42+,43+/m0/s1. The average molecular weight is 703 g/mol. The monoisotopic (exact) mass is 703 g/mol. The molecule has 3 fully saturated rings. The average Bonchev–Trinajstić information content (AvgIpc) is 3.33. The molecule has 0 aliphatic heterocycles. The van der Waals surface area contributed by atoms with E-state index in [-0.39, 0.29) is 35.4 Å². The van der Waals surface area contributed by atoms with Gasteiger partial charge < -0.3 is 25.2 Å². The zero-order chi connectivity index (χ0) is 36.7. The van der Waals surface area contributed by atoms with Crippen molar-refractivity contribution in [2.75, 3.05) is 0 Å². The summed E-state index contributed by atoms with van der Waals surface area (Å²) in [5, 5.41) is 45.2. The molecule has 4 N–H and O–H groups in total. The number of carbonyl (C=O) groups is 2. The van der Waals surface area contributed by atoms with Crippen molar-refractivity contribution in [3.8, 4) is 0 Å². The summed E-state index contributed by atoms with van der Waals surface area (Å²) in [5.41, 5.74) is -2.16. The summed E-state index contributed by atoms with van der Waals surface area (Å²) in [4.78, 5) is 26.7. The van der Waals surface area contributed by atoms with Crippen LogP contribution in [-0.4, -0.2) is 61.7 Å². The van der Waals surface area contributed by atoms with Crippen molar-refractivity contribution in [3.63, 3.8) is 0 Å². The number of unbranched alkanes of at least 4 members (excludes halogenated alkanes) is 12. The molecule has 0 amide bonds. The van der Waals surface area contributed by atoms with Gasteiger partial charge in [-0.2, -0.15) is 0 Å². The first kappa shape index (κ1) is 41.5. The number of esters is 1. The highest BCUT2D eigenvalue weighted by Gasteiger charge is 2.67. The number of aliphatic hydroxyl groups excluding tert-OH is 2. The molecule has 10 atom stereocenters. The Morgan fingerprint density at radius 1 is 0.940 bits per heavy atom. The van der Waals surface area contributed by atoms with Gasteiger partial charge in [-0.1, -0.05) is 105 Å². The van der Waals surface area contributed by atoms with Crippen molar-refractivity contribution >= 4 is 11.8 Å². The van der Waals surface area contributed by atoms with Crippen LogP contribution in [0.15, 0.2) is 11.6 Å². The highest BCUT2D eigenvalue weighted by atomic mass is 16.6. The smallest absolute Gasteiger partial charge is 0.306 e. The molecule has 4 rings (SSSR count). The third-order valence-electron chi connectivity index (χ3n) is 14.2. The molecular formula is C43H74O7. The van der Waals surface area contributed by atoms with E-state index in [4.69, 9.17) is 4.74 Å². The fourth-order valence-electron chi connectivity index (χ4n) is 10.9. The molecule has 4 aliphatic rings. The Hall–Kier alpha value is -1.28. The van der Waals surface area contributed by atoms with Crippen molar-refractivity contribution in [3.05, 3.63) is 11.6 Å². The maximum absolute atomic E-state index is 13.9. The van der Waals surface area contributed by atoms with Gasteiger partial charge in [0.05, 0.1) is 23.4 Å². The number of fused-ring (bicyclic) bond motifs is 5. The molecule has 0 aromatic carbocycles. The molecule has 0 aromatic heterocycles. The zero-order valence-electron chi connectivity index (χ0n) is 32.7. The molecule has 50 heavy (non-hydrogen) atoms. The van der Waals surface area contributed by atoms with E-state index < -0.39 is 40.3 Å². The Labute approximate surface area is 304 Å². The van der Waals surface area contributed by atoms with Gasteiger partial charge in [0.25, 0.3) is 0 Å². The predicted octanol–water partition coefficient (Wildman–Crippen LogP) is 8.77. The quantitative estimate of drug-likeness (QED) is 0.0739. The van der Waals surface area contributed by atoms with Crippen molar-refractivity contribution in [1.29, 1.82) is 0 Å². The molecule has 4 aliphatic carbocycles. The van der Waals surface area contributed by atoms with Crippen LogP contribution >= 0.6 is 0 Å². The molecule has 0 spiro atoms. The van der Waals surface area contributed by atoms with Gasteiger partial charge in [-0.05, 0) is 106 Å². The van der Waals surface area contributed by atoms with Gasteiger partial charge in [-0.3, -0.25) is 9.59 Å². The molecular weight excluding hydrogens is 628 g/mol. The van der Waals surface area contributed by atoms with E-state index in [1.807, 2.05) is 0 Å². The van der Waals surface area contributed by atoms with Gasteiger partial charge in [-0.25, -0.2) is 0 Å². The van der Waals surface area contributed by atoms with Crippen LogP contribution in [0, 0.1) is 34.5 Å². The fourth-order valence-corrected chi connectivity index (χ4v) is 10.9. The van der Waals surface area contributed by atoms with Gasteiger partial charge in [0.2, 0.25) is 0 Å². The lowest BCUT2D eigenvalue weighted by molar-refractivity contribution is -0.175. The lowest BCUT2D eigenvalue weighted by atomic mass is 9.46. The van der Waals surface area contributed by atoms with E-state index >= 15 is 0 Å². The molecule has 0 saturated heterocycles. The first-order valence-electron chi connectivity index (χ1n) is 20.8. The van der Waals surface area contributed by atoms with Gasteiger partial charge in [0.15, 0.2) is 5.78 Å². The zero-order valence-corrected chi connectivity index (χ0v) is 32.7. The third-order valence-corrected chi connectivity index (χ3v) is 14.2. The van der Waals surface area contributed by atoms with E-state index in [2.05, 4.69) is 27.7 Å². The van der Waals surface area contributed by atoms with Crippen molar-refractivity contribution in [2.45, 2.75) is 212 Å². The number of allylic oxidation sites excluding steroid dienone is 1. The largest absolute Gasteiger partial charge is 0.460 e. The topological polar surface area (TPSA) is 124 Å². The second-order valence-corrected chi connectivity index (χ2v) is 18.4. The maximum Gasteiger partial charge on any atom is 0.306 e. The first-order valence-corrected chi connectivity index (χ1v) is 20.8. The normalized spacial score (nSPS) is 35.1. The van der Waals surface area contributed by atoms with E-state index in [9.17, 15) is 30.0 Å². The molecule has 0 radical (unpaired) electrons. The van der Waals surface area contributed by atoms with Gasteiger partial charge in [-0.15, -0.1) is 0 Å². The number of hydrogen-bond acceptors (Lipinski definition) is 7. The van der Waals surface area contributed by atoms with Crippen LogP contribution in [0.3, 0.4) is 0 Å². The van der Waals surface area contributed by atoms with Crippen LogP contribution in [0.4, 0.5) is 0 Å². The van der Waals surface area contributed by atoms with Gasteiger partial charge in [0, 0.05) is 17.8 Å². The molecule has 7 heteroatoms. The minimum absolute atomic E-state index is 0.0254. The second kappa shape index (κ2) is 17.7. The van der Waals surface area contributed by atoms with Crippen molar-refractivity contribution < 1.29 is 34.8 Å². The van der Waals surface area contributed by atoms with Crippen LogP contribution in [-0.2, 0) is 14.3 Å². The molecule has 288 valence electrons. The number of ketones is 1. The molecule has 0 aromatic rings. The molecule has 0 unspecified atom stereocenters. The lowest BCUT2D eigenvalue weighted by Crippen LogP contribution is -2.61. The number of rotatable bonds is 20. The Morgan fingerprint density at radius 3 is 2.10 bits per heavy atom. The SMILES string of the molecule is CCCCCCCCCCCCCCCC(=O)O[C@@H]1C[C@H]2C(=O)C=C3[C@H](CC[C@]4(C)[C@@H]([C@H](C)[C@H](O)CCC(C)(C)O)CC[C@@]34O)[C@@]2(C)C[C@@H]1O. The highest BCUT2D eigenvalue weighted by Crippen LogP contribution is 2.68. The summed E-state index contributed by atoms with van der Waals surface area (Å²) < 4.78 is 5.85. The summed E-state index contributed by atoms with van der Waals surface area (Å²) in [6.45, 7) is 12.1. The summed E-state index contributed by atoms with van der Waals surface area (Å²) in [6.07, 6.45) is 20.8. The summed E-state index contributed by atoms with van der Waals surface area (Å²) in [5.74, 6) is -0.664. The number of carbonyl (C=O) groups excluding carboxylic acids is 2. The minimum Gasteiger partial charge on any atom is -0.460 e. The Balaban J connectivity index is 1.27. The lowest BCUT2D eigenvalue weighted by Gasteiger charge is -2.60. The molecule has 0 heterocycles. The Morgan fingerprint density at radius 2 is 1.52 bits per heavy atom. The van der Waals surface area contributed by atoms with E-state index in [0.717, 1.165) is 44.1 Å². The van der Waals surface area contributed by atoms with Crippen molar-refractivity contribution in [2.24, 2.45) is 34.5 Å². The minimum atomic E-state index is -1.14. The number of ether oxygens (including phenoxy) is 1. The maximum atomic E-state index is 13.9. The number of hydrogen-bond donors (Lipinski definition) is 4. The van der Waals surface area contributed by atoms with E-state index in [1.165, 1.54) is 64.2 Å². The first-order chi connectivity index (χ1) is 23.6. The predicted molar refractivity (Wildman–Crippen MR) is 199 cm³/mol. The summed E-state index contributed by atoms with van der Waals surface area (Å²) in [6, 6.07) is 0. The van der Waals surface area contributed by atoms with Crippen LogP contribution in [0.1, 0.15) is 183 Å². The number of aliphatic hydroxyl groups is 4. The fraction of sp³-hybridized carbons (Fsp3) is 0.907. The van der Waals surface area contributed by atoms with Gasteiger partial charge in [0.1, 0.15) is 6.10 Å². The van der Waals surface area contributed by atoms with Crippen LogP contribution in [0.2, 0.25) is 0 Å². The van der Waals surface area contributed by atoms with Crippen molar-refractivity contribution in [1.82, 2.24) is 0 Å². The third kappa shape index (κ3) is 9.44. The molecule has 7 nitrogen and oxygen atoms in total. The van der Waals surface area contributed by atoms with Crippen LogP contribution in [0.5, 0.6) is 0 Å².